The first-order valence-corrected chi connectivity index (χ1v) is 8.28. The van der Waals surface area contributed by atoms with E-state index in [4.69, 9.17) is 4.74 Å². The second kappa shape index (κ2) is 7.72. The molecule has 1 aromatic carbocycles. The van der Waals surface area contributed by atoms with Gasteiger partial charge in [-0.2, -0.15) is 13.2 Å². The molecule has 0 saturated carbocycles. The molecular weight excluding hydrogens is 347 g/mol. The lowest BCUT2D eigenvalue weighted by molar-refractivity contribution is -0.150. The fourth-order valence-electron chi connectivity index (χ4n) is 2.88. The smallest absolute Gasteiger partial charge is 0.416 e. The zero-order valence-electron chi connectivity index (χ0n) is 13.9. The summed E-state index contributed by atoms with van der Waals surface area (Å²) >= 11 is 0. The molecule has 0 spiro atoms. The lowest BCUT2D eigenvalue weighted by Crippen LogP contribution is -2.37. The lowest BCUT2D eigenvalue weighted by atomic mass is 9.97. The number of benzene rings is 1. The first-order chi connectivity index (χ1) is 12.4. The largest absolute Gasteiger partial charge is 0.461 e. The van der Waals surface area contributed by atoms with Crippen molar-refractivity contribution in [1.82, 2.24) is 9.97 Å². The maximum Gasteiger partial charge on any atom is 0.416 e. The number of rotatable bonds is 4. The molecule has 3 rings (SSSR count). The number of carbonyl (C=O) groups excluding carboxylic acids is 1. The van der Waals surface area contributed by atoms with Crippen molar-refractivity contribution < 1.29 is 22.7 Å². The van der Waals surface area contributed by atoms with E-state index < -0.39 is 11.7 Å². The zero-order valence-corrected chi connectivity index (χ0v) is 13.9. The number of carbonyl (C=O) groups is 1. The van der Waals surface area contributed by atoms with Crippen LogP contribution in [-0.2, 0) is 22.3 Å². The first kappa shape index (κ1) is 18.2. The molecule has 0 amide bonds. The van der Waals surface area contributed by atoms with E-state index in [0.717, 1.165) is 12.1 Å². The summed E-state index contributed by atoms with van der Waals surface area (Å²) in [7, 11) is 0. The highest BCUT2D eigenvalue weighted by Crippen LogP contribution is 2.30. The second-order valence-corrected chi connectivity index (χ2v) is 6.12. The van der Waals surface area contributed by atoms with Crippen LogP contribution in [0.25, 0.3) is 0 Å². The van der Waals surface area contributed by atoms with Gasteiger partial charge in [-0.1, -0.05) is 12.1 Å². The Bertz CT molecular complexity index is 745. The van der Waals surface area contributed by atoms with Gasteiger partial charge in [0.15, 0.2) is 0 Å². The average molecular weight is 365 g/mol. The summed E-state index contributed by atoms with van der Waals surface area (Å²) in [5.74, 6) is -0.0138. The normalized spacial score (nSPS) is 15.7. The lowest BCUT2D eigenvalue weighted by Gasteiger charge is -2.30. The number of alkyl halides is 3. The molecule has 26 heavy (non-hydrogen) atoms. The van der Waals surface area contributed by atoms with Crippen LogP contribution in [0.1, 0.15) is 24.0 Å². The van der Waals surface area contributed by atoms with E-state index >= 15 is 0 Å². The molecule has 0 atom stereocenters. The van der Waals surface area contributed by atoms with Gasteiger partial charge in [-0.3, -0.25) is 4.79 Å². The summed E-state index contributed by atoms with van der Waals surface area (Å²) in [5, 5.41) is 0. The Morgan fingerprint density at radius 2 is 1.85 bits per heavy atom. The van der Waals surface area contributed by atoms with Crippen LogP contribution in [0, 0.1) is 5.92 Å². The number of nitrogens with zero attached hydrogens (tertiary/aromatic N) is 3. The maximum absolute atomic E-state index is 12.7. The number of halogens is 3. The molecule has 0 aliphatic carbocycles. The molecule has 2 heterocycles. The molecule has 2 aromatic rings. The third-order valence-corrected chi connectivity index (χ3v) is 4.30. The average Bonchev–Trinajstić information content (AvgIpc) is 2.66. The molecular formula is C18H18F3N3O2. The minimum atomic E-state index is -4.41. The van der Waals surface area contributed by atoms with Crippen molar-refractivity contribution in [1.29, 1.82) is 0 Å². The highest BCUT2D eigenvalue weighted by molar-refractivity contribution is 5.72. The van der Waals surface area contributed by atoms with E-state index in [-0.39, 0.29) is 18.5 Å². The third kappa shape index (κ3) is 4.50. The standard InChI is InChI=1S/C18H18F3N3O2/c19-18(20,21)15-4-1-3-13(11-15)12-26-16(25)14-5-9-24(10-6-14)17-22-7-2-8-23-17/h1-4,7-8,11,14H,5-6,9-10,12H2. The van der Waals surface area contributed by atoms with E-state index in [1.54, 1.807) is 18.5 Å². The highest BCUT2D eigenvalue weighted by atomic mass is 19.4. The minimum absolute atomic E-state index is 0.162. The van der Waals surface area contributed by atoms with Gasteiger partial charge in [-0.25, -0.2) is 9.97 Å². The molecule has 0 unspecified atom stereocenters. The van der Waals surface area contributed by atoms with Crippen molar-refractivity contribution in [3.8, 4) is 0 Å². The number of hydrogen-bond acceptors (Lipinski definition) is 5. The van der Waals surface area contributed by atoms with Gasteiger partial charge in [0.2, 0.25) is 5.95 Å². The van der Waals surface area contributed by atoms with Gasteiger partial charge in [0.1, 0.15) is 6.61 Å². The summed E-state index contributed by atoms with van der Waals surface area (Å²) in [4.78, 5) is 22.6. The predicted octanol–water partition coefficient (Wildman–Crippen LogP) is 3.46. The number of esters is 1. The van der Waals surface area contributed by atoms with Gasteiger partial charge in [0.05, 0.1) is 11.5 Å². The van der Waals surface area contributed by atoms with E-state index in [1.165, 1.54) is 12.1 Å². The maximum atomic E-state index is 12.7. The Kier molecular flexibility index (Phi) is 5.39. The second-order valence-electron chi connectivity index (χ2n) is 6.12. The van der Waals surface area contributed by atoms with Crippen molar-refractivity contribution in [3.63, 3.8) is 0 Å². The van der Waals surface area contributed by atoms with E-state index in [0.29, 0.717) is 37.4 Å². The Morgan fingerprint density at radius 1 is 1.15 bits per heavy atom. The molecule has 5 nitrogen and oxygen atoms in total. The molecule has 0 bridgehead atoms. The predicted molar refractivity (Wildman–Crippen MR) is 88.2 cm³/mol. The quantitative estimate of drug-likeness (QED) is 0.777. The van der Waals surface area contributed by atoms with E-state index in [9.17, 15) is 18.0 Å². The van der Waals surface area contributed by atoms with Crippen LogP contribution in [0.2, 0.25) is 0 Å². The minimum Gasteiger partial charge on any atom is -0.461 e. The molecule has 1 saturated heterocycles. The molecule has 0 N–H and O–H groups in total. The van der Waals surface area contributed by atoms with Crippen LogP contribution in [0.15, 0.2) is 42.7 Å². The van der Waals surface area contributed by atoms with Crippen LogP contribution < -0.4 is 4.90 Å². The van der Waals surface area contributed by atoms with Crippen LogP contribution in [0.3, 0.4) is 0 Å². The number of piperidine rings is 1. The SMILES string of the molecule is O=C(OCc1cccc(C(F)(F)F)c1)C1CCN(c2ncccn2)CC1. The van der Waals surface area contributed by atoms with Gasteiger partial charge >= 0.3 is 12.1 Å². The summed E-state index contributed by atoms with van der Waals surface area (Å²) in [6.45, 7) is 1.10. The van der Waals surface area contributed by atoms with Crippen molar-refractivity contribution >= 4 is 11.9 Å². The number of aromatic nitrogens is 2. The van der Waals surface area contributed by atoms with Crippen LogP contribution >= 0.6 is 0 Å². The van der Waals surface area contributed by atoms with Crippen molar-refractivity contribution in [2.24, 2.45) is 5.92 Å². The molecule has 1 fully saturated rings. The van der Waals surface area contributed by atoms with E-state index in [2.05, 4.69) is 9.97 Å². The van der Waals surface area contributed by atoms with Crippen LogP contribution in [0.5, 0.6) is 0 Å². The molecule has 8 heteroatoms. The Morgan fingerprint density at radius 3 is 2.50 bits per heavy atom. The van der Waals surface area contributed by atoms with Gasteiger partial charge in [0.25, 0.3) is 0 Å². The van der Waals surface area contributed by atoms with Crippen molar-refractivity contribution in [2.45, 2.75) is 25.6 Å². The fourth-order valence-corrected chi connectivity index (χ4v) is 2.88. The molecule has 0 radical (unpaired) electrons. The topological polar surface area (TPSA) is 55.3 Å². The summed E-state index contributed by atoms with van der Waals surface area (Å²) in [5.41, 5.74) is -0.425. The van der Waals surface area contributed by atoms with Crippen LogP contribution in [-0.4, -0.2) is 29.0 Å². The zero-order chi connectivity index (χ0) is 18.6. The molecule has 1 aliphatic heterocycles. The van der Waals surface area contributed by atoms with Crippen molar-refractivity contribution in [3.05, 3.63) is 53.9 Å². The molecule has 1 aliphatic rings. The van der Waals surface area contributed by atoms with Gasteiger partial charge in [-0.05, 0) is 36.6 Å². The first-order valence-electron chi connectivity index (χ1n) is 8.28. The summed E-state index contributed by atoms with van der Waals surface area (Å²) in [6.07, 6.45) is 0.112. The number of hydrogen-bond donors (Lipinski definition) is 0. The number of anilines is 1. The van der Waals surface area contributed by atoms with Gasteiger partial charge in [0, 0.05) is 25.5 Å². The summed E-state index contributed by atoms with van der Waals surface area (Å²) in [6, 6.07) is 6.55. The van der Waals surface area contributed by atoms with E-state index in [1.807, 2.05) is 4.90 Å². The van der Waals surface area contributed by atoms with Crippen LogP contribution in [0.4, 0.5) is 19.1 Å². The van der Waals surface area contributed by atoms with Gasteiger partial charge < -0.3 is 9.64 Å². The molecule has 1 aromatic heterocycles. The fraction of sp³-hybridized carbons (Fsp3) is 0.389. The third-order valence-electron chi connectivity index (χ3n) is 4.30. The van der Waals surface area contributed by atoms with Crippen molar-refractivity contribution in [2.75, 3.05) is 18.0 Å². The highest BCUT2D eigenvalue weighted by Gasteiger charge is 2.31. The summed E-state index contributed by atoms with van der Waals surface area (Å²) < 4.78 is 43.4. The number of ether oxygens (including phenoxy) is 1. The monoisotopic (exact) mass is 365 g/mol. The Balaban J connectivity index is 1.51. The molecule has 138 valence electrons. The Labute approximate surface area is 148 Å². The van der Waals surface area contributed by atoms with Gasteiger partial charge in [-0.15, -0.1) is 0 Å². The Hall–Kier alpha value is -2.64.